The van der Waals surface area contributed by atoms with Gasteiger partial charge in [-0.15, -0.1) is 0 Å². The Hall–Kier alpha value is -3.55. The molecule has 8 heteroatoms. The number of hydrogen-bond donors (Lipinski definition) is 1. The molecule has 0 radical (unpaired) electrons. The molecule has 1 aliphatic heterocycles. The zero-order valence-corrected chi connectivity index (χ0v) is 22.3. The molecule has 1 aliphatic carbocycles. The Kier molecular flexibility index (Phi) is 8.15. The van der Waals surface area contributed by atoms with Crippen LogP contribution in [0, 0.1) is 0 Å². The number of para-hydroxylation sites is 1. The van der Waals surface area contributed by atoms with Crippen LogP contribution >= 0.6 is 23.4 Å². The molecule has 0 atom stereocenters. The summed E-state index contributed by atoms with van der Waals surface area (Å²) in [6.07, 6.45) is 6.99. The fourth-order valence-corrected chi connectivity index (χ4v) is 5.93. The number of amides is 1. The standard InChI is InChI=1S/C30H27ClN2O4S/c31-25-15-6-4-10-22(25)19-37-26-16-7-5-9-20(26)18-27-28(34)33(24-13-2-1-3-14-24)30(38-27)32-23-12-8-11-21(17-23)29(35)36/h4-12,15-18,24H,1-3,13-14,19H2,(H,35,36)/b27-18-,32-30?. The number of aromatic carboxylic acids is 1. The fourth-order valence-electron chi connectivity index (χ4n) is 4.69. The highest BCUT2D eigenvalue weighted by molar-refractivity contribution is 8.18. The number of hydrogen-bond acceptors (Lipinski definition) is 5. The number of benzene rings is 3. The number of rotatable bonds is 7. The molecule has 1 saturated heterocycles. The SMILES string of the molecule is O=C(O)c1cccc(N=C2S/C(=C\c3ccccc3OCc3ccccc3Cl)C(=O)N2C2CCCCC2)c1. The Balaban J connectivity index is 1.46. The Morgan fingerprint density at radius 1 is 1.05 bits per heavy atom. The summed E-state index contributed by atoms with van der Waals surface area (Å²) in [7, 11) is 0. The van der Waals surface area contributed by atoms with Crippen molar-refractivity contribution in [3.8, 4) is 5.75 Å². The maximum atomic E-state index is 13.7. The zero-order chi connectivity index (χ0) is 26.5. The minimum Gasteiger partial charge on any atom is -0.488 e. The van der Waals surface area contributed by atoms with Crippen LogP contribution in [0.1, 0.15) is 53.6 Å². The molecule has 3 aromatic carbocycles. The van der Waals surface area contributed by atoms with Gasteiger partial charge in [0.15, 0.2) is 5.17 Å². The van der Waals surface area contributed by atoms with Gasteiger partial charge in [0, 0.05) is 22.2 Å². The average molecular weight is 547 g/mol. The first-order chi connectivity index (χ1) is 18.5. The van der Waals surface area contributed by atoms with Crippen LogP contribution in [-0.2, 0) is 11.4 Å². The molecule has 1 N–H and O–H groups in total. The molecular formula is C30H27ClN2O4S. The molecule has 38 heavy (non-hydrogen) atoms. The highest BCUT2D eigenvalue weighted by atomic mass is 35.5. The first kappa shape index (κ1) is 26.1. The van der Waals surface area contributed by atoms with Gasteiger partial charge in [0.25, 0.3) is 5.91 Å². The van der Waals surface area contributed by atoms with Crippen molar-refractivity contribution >= 4 is 52.2 Å². The molecular weight excluding hydrogens is 520 g/mol. The van der Waals surface area contributed by atoms with E-state index in [2.05, 4.69) is 0 Å². The second-order valence-electron chi connectivity index (χ2n) is 9.25. The summed E-state index contributed by atoms with van der Waals surface area (Å²) in [5, 5.41) is 10.6. The van der Waals surface area contributed by atoms with E-state index in [9.17, 15) is 14.7 Å². The van der Waals surface area contributed by atoms with Crippen LogP contribution in [0.3, 0.4) is 0 Å². The summed E-state index contributed by atoms with van der Waals surface area (Å²) in [6, 6.07) is 21.7. The van der Waals surface area contributed by atoms with E-state index >= 15 is 0 Å². The van der Waals surface area contributed by atoms with Gasteiger partial charge in [-0.3, -0.25) is 9.69 Å². The highest BCUT2D eigenvalue weighted by Crippen LogP contribution is 2.39. The molecule has 1 amide bonds. The normalized spacial score (nSPS) is 18.3. The van der Waals surface area contributed by atoms with Crippen molar-refractivity contribution < 1.29 is 19.4 Å². The van der Waals surface area contributed by atoms with Gasteiger partial charge in [-0.05, 0) is 61.0 Å². The topological polar surface area (TPSA) is 79.2 Å². The van der Waals surface area contributed by atoms with Crippen LogP contribution < -0.4 is 4.74 Å². The van der Waals surface area contributed by atoms with E-state index in [0.29, 0.717) is 33.1 Å². The molecule has 1 heterocycles. The molecule has 1 saturated carbocycles. The number of nitrogens with zero attached hydrogens (tertiary/aromatic N) is 2. The largest absolute Gasteiger partial charge is 0.488 e. The second kappa shape index (κ2) is 11.9. The first-order valence-electron chi connectivity index (χ1n) is 12.6. The zero-order valence-electron chi connectivity index (χ0n) is 20.7. The third kappa shape index (κ3) is 5.95. The van der Waals surface area contributed by atoms with Crippen molar-refractivity contribution in [2.45, 2.75) is 44.8 Å². The quantitative estimate of drug-likeness (QED) is 0.309. The predicted octanol–water partition coefficient (Wildman–Crippen LogP) is 7.55. The molecule has 6 nitrogen and oxygen atoms in total. The van der Waals surface area contributed by atoms with Crippen molar-refractivity contribution in [3.63, 3.8) is 0 Å². The Morgan fingerprint density at radius 3 is 2.61 bits per heavy atom. The third-order valence-electron chi connectivity index (χ3n) is 6.64. The van der Waals surface area contributed by atoms with Crippen molar-refractivity contribution in [2.24, 2.45) is 4.99 Å². The van der Waals surface area contributed by atoms with Gasteiger partial charge in [0.2, 0.25) is 0 Å². The van der Waals surface area contributed by atoms with E-state index in [1.807, 2.05) is 54.6 Å². The monoisotopic (exact) mass is 546 g/mol. The first-order valence-corrected chi connectivity index (χ1v) is 13.8. The third-order valence-corrected chi connectivity index (χ3v) is 7.99. The van der Waals surface area contributed by atoms with Gasteiger partial charge in [-0.2, -0.15) is 0 Å². The van der Waals surface area contributed by atoms with E-state index in [1.54, 1.807) is 17.0 Å². The highest BCUT2D eigenvalue weighted by Gasteiger charge is 2.38. The molecule has 5 rings (SSSR count). The van der Waals surface area contributed by atoms with Crippen molar-refractivity contribution in [1.82, 2.24) is 4.90 Å². The van der Waals surface area contributed by atoms with Crippen LogP contribution in [0.25, 0.3) is 6.08 Å². The molecule has 194 valence electrons. The number of carbonyl (C=O) groups is 2. The second-order valence-corrected chi connectivity index (χ2v) is 10.7. The molecule has 3 aromatic rings. The number of amidine groups is 1. The summed E-state index contributed by atoms with van der Waals surface area (Å²) < 4.78 is 6.10. The molecule has 0 spiro atoms. The maximum absolute atomic E-state index is 13.7. The fraction of sp³-hybridized carbons (Fsp3) is 0.233. The van der Waals surface area contributed by atoms with Crippen molar-refractivity contribution in [1.29, 1.82) is 0 Å². The van der Waals surface area contributed by atoms with E-state index < -0.39 is 5.97 Å². The Labute approximate surface area is 231 Å². The van der Waals surface area contributed by atoms with Crippen LogP contribution in [0.2, 0.25) is 5.02 Å². The molecule has 2 fully saturated rings. The summed E-state index contributed by atoms with van der Waals surface area (Å²) in [5.41, 5.74) is 2.33. The molecule has 0 aromatic heterocycles. The number of carboxylic acid groups (broad SMARTS) is 1. The average Bonchev–Trinajstić information content (AvgIpc) is 3.23. The van der Waals surface area contributed by atoms with E-state index in [-0.39, 0.29) is 17.5 Å². The number of halogens is 1. The van der Waals surface area contributed by atoms with E-state index in [4.69, 9.17) is 21.3 Å². The summed E-state index contributed by atoms with van der Waals surface area (Å²) in [4.78, 5) is 32.3. The van der Waals surface area contributed by atoms with Gasteiger partial charge in [-0.1, -0.05) is 73.3 Å². The summed E-state index contributed by atoms with van der Waals surface area (Å²) in [6.45, 7) is 0.307. The van der Waals surface area contributed by atoms with Crippen LogP contribution in [0.5, 0.6) is 5.75 Å². The maximum Gasteiger partial charge on any atom is 0.335 e. The van der Waals surface area contributed by atoms with Crippen LogP contribution in [0.4, 0.5) is 5.69 Å². The van der Waals surface area contributed by atoms with E-state index in [1.165, 1.54) is 23.9 Å². The van der Waals surface area contributed by atoms with Gasteiger partial charge in [-0.25, -0.2) is 9.79 Å². The molecule has 0 bridgehead atoms. The van der Waals surface area contributed by atoms with Gasteiger partial charge in [0.1, 0.15) is 12.4 Å². The van der Waals surface area contributed by atoms with Crippen molar-refractivity contribution in [2.75, 3.05) is 0 Å². The number of carbonyl (C=O) groups excluding carboxylic acids is 1. The Bertz CT molecular complexity index is 1410. The van der Waals surface area contributed by atoms with Crippen LogP contribution in [0.15, 0.2) is 82.7 Å². The predicted molar refractivity (Wildman–Crippen MR) is 152 cm³/mol. The van der Waals surface area contributed by atoms with Crippen LogP contribution in [-0.4, -0.2) is 33.1 Å². The lowest BCUT2D eigenvalue weighted by molar-refractivity contribution is -0.124. The number of thioether (sulfide) groups is 1. The summed E-state index contributed by atoms with van der Waals surface area (Å²) >= 11 is 7.61. The number of aliphatic imine (C=N–C) groups is 1. The van der Waals surface area contributed by atoms with E-state index in [0.717, 1.165) is 43.2 Å². The minimum absolute atomic E-state index is 0.0720. The van der Waals surface area contributed by atoms with Crippen molar-refractivity contribution in [3.05, 3.63) is 99.4 Å². The minimum atomic E-state index is -1.01. The number of ether oxygens (including phenoxy) is 1. The summed E-state index contributed by atoms with van der Waals surface area (Å²) in [5.74, 6) is -0.451. The lowest BCUT2D eigenvalue weighted by Crippen LogP contribution is -2.40. The molecule has 2 aliphatic rings. The Morgan fingerprint density at radius 2 is 1.82 bits per heavy atom. The lowest BCUT2D eigenvalue weighted by atomic mass is 9.94. The lowest BCUT2D eigenvalue weighted by Gasteiger charge is -2.30. The smallest absolute Gasteiger partial charge is 0.335 e. The van der Waals surface area contributed by atoms with Gasteiger partial charge in [0.05, 0.1) is 16.2 Å². The number of carboxylic acids is 1. The molecule has 0 unspecified atom stereocenters. The van der Waals surface area contributed by atoms with Gasteiger partial charge >= 0.3 is 5.97 Å². The van der Waals surface area contributed by atoms with Gasteiger partial charge < -0.3 is 9.84 Å².